The predicted octanol–water partition coefficient (Wildman–Crippen LogP) is -1.51. The van der Waals surface area contributed by atoms with E-state index < -0.39 is 0 Å². The van der Waals surface area contributed by atoms with Crippen LogP contribution in [-0.4, -0.2) is 20.4 Å². The van der Waals surface area contributed by atoms with Crippen LogP contribution in [0.3, 0.4) is 0 Å². The maximum atomic E-state index is 4.23. The van der Waals surface area contributed by atoms with Gasteiger partial charge < -0.3 is 0 Å². The van der Waals surface area contributed by atoms with Crippen LogP contribution in [0.25, 0.3) is 0 Å². The minimum absolute atomic E-state index is 0.170. The van der Waals surface area contributed by atoms with Gasteiger partial charge in [-0.25, -0.2) is 0 Å². The smallest absolute Gasteiger partial charge is 0.278 e. The minimum Gasteiger partial charge on any atom is -0.278 e. The Morgan fingerprint density at radius 1 is 0.800 bits per heavy atom. The highest BCUT2D eigenvalue weighted by atomic mass is 127. The molecule has 0 fully saturated rings. The van der Waals surface area contributed by atoms with E-state index in [9.17, 15) is 0 Å². The topological polar surface area (TPSA) is 57.4 Å². The van der Waals surface area contributed by atoms with Gasteiger partial charge in [0.25, 0.3) is 0 Å². The highest BCUT2D eigenvalue weighted by Gasteiger charge is 2.28. The van der Waals surface area contributed by atoms with Crippen LogP contribution < -0.4 is 21.2 Å². The average Bonchev–Trinajstić information content (AvgIpc) is 2.67. The van der Waals surface area contributed by atoms with Crippen LogP contribution in [-0.2, 0) is 0 Å². The number of rotatable bonds is 2. The van der Waals surface area contributed by atoms with E-state index in [4.69, 9.17) is 0 Å². The molecule has 0 aliphatic heterocycles. The van der Waals surface area contributed by atoms with Gasteiger partial charge in [0.15, 0.2) is 0 Å². The van der Waals surface area contributed by atoms with Crippen molar-refractivity contribution in [2.75, 3.05) is 0 Å². The molecular formula is C10H14IN4+. The Morgan fingerprint density at radius 2 is 1.20 bits per heavy atom. The number of aromatic nitrogens is 4. The minimum atomic E-state index is -0.170. The molecule has 0 unspecified atom stereocenters. The maximum Gasteiger partial charge on any atom is 0.366 e. The van der Waals surface area contributed by atoms with Crippen LogP contribution >= 0.6 is 0 Å². The number of hydrogen-bond donors (Lipinski definition) is 2. The van der Waals surface area contributed by atoms with Crippen molar-refractivity contribution >= 4 is 0 Å². The fraction of sp³-hybridized carbons (Fsp3) is 0.400. The van der Waals surface area contributed by atoms with Crippen molar-refractivity contribution in [3.8, 4) is 0 Å². The van der Waals surface area contributed by atoms with Gasteiger partial charge in [0, 0.05) is 0 Å². The molecule has 2 aromatic heterocycles. The lowest BCUT2D eigenvalue weighted by molar-refractivity contribution is -0.600. The fourth-order valence-corrected chi connectivity index (χ4v) is 4.06. The molecule has 2 heterocycles. The molecule has 4 nitrogen and oxygen atoms in total. The summed E-state index contributed by atoms with van der Waals surface area (Å²) >= 11 is -0.170. The lowest BCUT2D eigenvalue weighted by Gasteiger charge is -1.85. The number of nitrogens with zero attached hydrogens (tertiary/aromatic N) is 2. The van der Waals surface area contributed by atoms with Crippen molar-refractivity contribution in [3.05, 3.63) is 29.9 Å². The van der Waals surface area contributed by atoms with E-state index in [1.807, 2.05) is 0 Å². The van der Waals surface area contributed by atoms with Crippen LogP contribution in [0.1, 0.15) is 22.8 Å². The fourth-order valence-electron chi connectivity index (χ4n) is 1.45. The van der Waals surface area contributed by atoms with Gasteiger partial charge in [-0.1, -0.05) is 0 Å². The molecule has 2 N–H and O–H groups in total. The average molecular weight is 317 g/mol. The summed E-state index contributed by atoms with van der Waals surface area (Å²) in [5.41, 5.74) is 4.64. The van der Waals surface area contributed by atoms with Gasteiger partial charge in [-0.3, -0.25) is 10.2 Å². The van der Waals surface area contributed by atoms with Gasteiger partial charge in [0.1, 0.15) is 11.4 Å². The van der Waals surface area contributed by atoms with Crippen molar-refractivity contribution < 1.29 is 21.2 Å². The van der Waals surface area contributed by atoms with Crippen molar-refractivity contribution in [2.45, 2.75) is 27.7 Å². The molecule has 0 aliphatic carbocycles. The number of hydrogen-bond acceptors (Lipinski definition) is 2. The predicted molar refractivity (Wildman–Crippen MR) is 53.5 cm³/mol. The summed E-state index contributed by atoms with van der Waals surface area (Å²) in [6, 6.07) is 0. The Balaban J connectivity index is 2.37. The lowest BCUT2D eigenvalue weighted by Crippen LogP contribution is -3.62. The third kappa shape index (κ3) is 1.92. The molecule has 5 heteroatoms. The van der Waals surface area contributed by atoms with Crippen LogP contribution in [0.4, 0.5) is 0 Å². The third-order valence-corrected chi connectivity index (χ3v) is 6.52. The highest BCUT2D eigenvalue weighted by molar-refractivity contribution is 5.08. The zero-order chi connectivity index (χ0) is 11.0. The Hall–Kier alpha value is -0.850. The second-order valence-electron chi connectivity index (χ2n) is 3.59. The first-order valence-corrected chi connectivity index (χ1v) is 6.93. The number of aryl methyl sites for hydroxylation is 4. The summed E-state index contributed by atoms with van der Waals surface area (Å²) in [5, 5.41) is 14.5. The summed E-state index contributed by atoms with van der Waals surface area (Å²) < 4.78 is 2.78. The van der Waals surface area contributed by atoms with Gasteiger partial charge in [0.05, 0.1) is 11.4 Å². The standard InChI is InChI=1S/C10H14IN4/c1-5-9(6(2)13-12-5)11-10-7(3)14-15-8(10)4/h1-4H3,(H,12,13)(H,14,15)/q+1. The second-order valence-corrected chi connectivity index (χ2v) is 6.29. The SMILES string of the molecule is Cc1n[nH]c(C)c1[I+]c1c(C)n[nH]c1C. The van der Waals surface area contributed by atoms with Crippen LogP contribution in [0.15, 0.2) is 0 Å². The van der Waals surface area contributed by atoms with Gasteiger partial charge in [-0.15, -0.1) is 0 Å². The molecule has 0 aromatic carbocycles. The van der Waals surface area contributed by atoms with Gasteiger partial charge in [-0.05, 0) is 27.7 Å². The molecule has 15 heavy (non-hydrogen) atoms. The van der Waals surface area contributed by atoms with E-state index in [1.54, 1.807) is 0 Å². The van der Waals surface area contributed by atoms with E-state index in [1.165, 1.54) is 18.5 Å². The summed E-state index contributed by atoms with van der Waals surface area (Å²) in [6.07, 6.45) is 0. The van der Waals surface area contributed by atoms with Gasteiger partial charge in [-0.2, -0.15) is 10.2 Å². The number of aromatic amines is 2. The van der Waals surface area contributed by atoms with Crippen LogP contribution in [0.5, 0.6) is 0 Å². The third-order valence-electron chi connectivity index (χ3n) is 2.27. The Kier molecular flexibility index (Phi) is 2.81. The molecule has 0 spiro atoms. The Bertz CT molecular complexity index is 400. The van der Waals surface area contributed by atoms with Crippen molar-refractivity contribution in [1.82, 2.24) is 20.4 Å². The first-order chi connectivity index (χ1) is 7.09. The molecule has 0 bridgehead atoms. The summed E-state index contributed by atoms with van der Waals surface area (Å²) in [4.78, 5) is 0. The zero-order valence-electron chi connectivity index (χ0n) is 9.27. The Labute approximate surface area is 99.1 Å². The van der Waals surface area contributed by atoms with Crippen molar-refractivity contribution in [1.29, 1.82) is 0 Å². The zero-order valence-corrected chi connectivity index (χ0v) is 11.4. The molecule has 2 rings (SSSR count). The number of halogens is 1. The number of H-pyrrole nitrogens is 2. The molecule has 80 valence electrons. The first kappa shape index (κ1) is 10.7. The van der Waals surface area contributed by atoms with E-state index >= 15 is 0 Å². The summed E-state index contributed by atoms with van der Waals surface area (Å²) in [7, 11) is 0. The van der Waals surface area contributed by atoms with E-state index in [2.05, 4.69) is 48.1 Å². The normalized spacial score (nSPS) is 10.9. The van der Waals surface area contributed by atoms with Gasteiger partial charge in [0.2, 0.25) is 7.14 Å². The van der Waals surface area contributed by atoms with Crippen LogP contribution in [0, 0.1) is 34.8 Å². The largest absolute Gasteiger partial charge is 0.366 e. The summed E-state index contributed by atoms with van der Waals surface area (Å²) in [5.74, 6) is 0. The molecule has 0 saturated heterocycles. The van der Waals surface area contributed by atoms with E-state index in [0.29, 0.717) is 0 Å². The molecule has 0 amide bonds. The first-order valence-electron chi connectivity index (χ1n) is 4.77. The number of nitrogens with one attached hydrogen (secondary N) is 2. The molecular weight excluding hydrogens is 303 g/mol. The van der Waals surface area contributed by atoms with E-state index in [-0.39, 0.29) is 21.2 Å². The monoisotopic (exact) mass is 317 g/mol. The Morgan fingerprint density at radius 3 is 1.47 bits per heavy atom. The van der Waals surface area contributed by atoms with E-state index in [0.717, 1.165) is 11.4 Å². The van der Waals surface area contributed by atoms with Crippen molar-refractivity contribution in [2.24, 2.45) is 0 Å². The summed E-state index contributed by atoms with van der Waals surface area (Å²) in [6.45, 7) is 8.28. The molecule has 0 aliphatic rings. The lowest BCUT2D eigenvalue weighted by atomic mass is 10.4. The second kappa shape index (κ2) is 3.96. The van der Waals surface area contributed by atoms with Gasteiger partial charge >= 0.3 is 21.2 Å². The molecule has 0 radical (unpaired) electrons. The van der Waals surface area contributed by atoms with Crippen LogP contribution in [0.2, 0.25) is 0 Å². The maximum absolute atomic E-state index is 4.23. The highest BCUT2D eigenvalue weighted by Crippen LogP contribution is 1.98. The molecule has 2 aromatic rings. The molecule has 0 atom stereocenters. The van der Waals surface area contributed by atoms with Crippen molar-refractivity contribution in [3.63, 3.8) is 0 Å². The molecule has 0 saturated carbocycles. The quantitative estimate of drug-likeness (QED) is 0.662.